The van der Waals surface area contributed by atoms with Crippen LogP contribution in [0.15, 0.2) is 29.0 Å². The summed E-state index contributed by atoms with van der Waals surface area (Å²) in [5.74, 6) is -1.04. The highest BCUT2D eigenvalue weighted by Crippen LogP contribution is 2.30. The first kappa shape index (κ1) is 12.7. The highest BCUT2D eigenvalue weighted by molar-refractivity contribution is 9.10. The zero-order valence-electron chi connectivity index (χ0n) is 7.98. The molecule has 1 heterocycles. The number of carbonyl (C=O) groups is 1. The van der Waals surface area contributed by atoms with Crippen LogP contribution in [0.2, 0.25) is 0 Å². The number of nitrogens with zero attached hydrogens (tertiary/aromatic N) is 1. The van der Waals surface area contributed by atoms with E-state index < -0.39 is 5.97 Å². The Labute approximate surface area is 106 Å². The highest BCUT2D eigenvalue weighted by Gasteiger charge is 2.13. The summed E-state index contributed by atoms with van der Waals surface area (Å²) >= 11 is 3.29. The molecule has 0 fully saturated rings. The van der Waals surface area contributed by atoms with E-state index in [-0.39, 0.29) is 23.7 Å². The number of carboxylic acid groups (broad SMARTS) is 1. The van der Waals surface area contributed by atoms with Crippen molar-refractivity contribution in [3.63, 3.8) is 0 Å². The fourth-order valence-corrected chi connectivity index (χ4v) is 1.97. The molecule has 0 unspecified atom stereocenters. The minimum absolute atomic E-state index is 0. The van der Waals surface area contributed by atoms with Crippen molar-refractivity contribution in [2.24, 2.45) is 0 Å². The smallest absolute Gasteiger partial charge is 0.337 e. The van der Waals surface area contributed by atoms with E-state index in [1.807, 2.05) is 0 Å². The molecule has 4 nitrogen and oxygen atoms in total. The number of aromatic carboxylic acids is 1. The fourth-order valence-electron chi connectivity index (χ4n) is 1.42. The number of nitrogens with two attached hydrogens (primary N) is 1. The Balaban J connectivity index is 0.00000128. The third-order valence-electron chi connectivity index (χ3n) is 2.16. The first-order valence-corrected chi connectivity index (χ1v) is 4.95. The number of nitrogen functional groups attached to an aromatic ring is 1. The van der Waals surface area contributed by atoms with Gasteiger partial charge in [-0.15, -0.1) is 12.4 Å². The zero-order valence-corrected chi connectivity index (χ0v) is 10.4. The molecule has 0 radical (unpaired) electrons. The van der Waals surface area contributed by atoms with Crippen LogP contribution in [0.25, 0.3) is 10.8 Å². The Morgan fingerprint density at radius 2 is 2.12 bits per heavy atom. The molecule has 1 aromatic heterocycles. The predicted octanol–water partition coefficient (Wildman–Crippen LogP) is 2.70. The normalized spacial score (nSPS) is 9.81. The molecule has 0 aliphatic heterocycles. The highest BCUT2D eigenvalue weighted by atomic mass is 79.9. The monoisotopic (exact) mass is 302 g/mol. The lowest BCUT2D eigenvalue weighted by Crippen LogP contribution is -2.03. The van der Waals surface area contributed by atoms with E-state index in [2.05, 4.69) is 20.9 Å². The average Bonchev–Trinajstić information content (AvgIpc) is 2.23. The minimum atomic E-state index is -1.04. The van der Waals surface area contributed by atoms with Gasteiger partial charge in [0.15, 0.2) is 0 Å². The van der Waals surface area contributed by atoms with Crippen LogP contribution in [0, 0.1) is 0 Å². The summed E-state index contributed by atoms with van der Waals surface area (Å²) in [6, 6.07) is 3.18. The number of aromatic nitrogens is 1. The standard InChI is InChI=1S/C10H7BrN2O2.ClH/c11-8-3-6(10(14)15)9(12)5-1-2-13-4-7(5)8;/h1-4H,12H2,(H,14,15);1H. The second-order valence-corrected chi connectivity index (χ2v) is 3.90. The van der Waals surface area contributed by atoms with Crippen molar-refractivity contribution in [2.45, 2.75) is 0 Å². The quantitative estimate of drug-likeness (QED) is 0.794. The summed E-state index contributed by atoms with van der Waals surface area (Å²) in [5, 5.41) is 10.4. The largest absolute Gasteiger partial charge is 0.478 e. The summed E-state index contributed by atoms with van der Waals surface area (Å²) in [6.45, 7) is 0. The molecule has 2 rings (SSSR count). The number of hydrogen-bond donors (Lipinski definition) is 2. The van der Waals surface area contributed by atoms with Gasteiger partial charge >= 0.3 is 5.97 Å². The van der Waals surface area contributed by atoms with Gasteiger partial charge in [-0.25, -0.2) is 4.79 Å². The van der Waals surface area contributed by atoms with Crippen LogP contribution in [-0.2, 0) is 0 Å². The Morgan fingerprint density at radius 3 is 2.75 bits per heavy atom. The Bertz CT molecular complexity index is 560. The summed E-state index contributed by atoms with van der Waals surface area (Å²) in [6.07, 6.45) is 3.22. The fraction of sp³-hybridized carbons (Fsp3) is 0. The van der Waals surface area contributed by atoms with Gasteiger partial charge in [0.2, 0.25) is 0 Å². The Kier molecular flexibility index (Phi) is 3.72. The van der Waals surface area contributed by atoms with Gasteiger partial charge in [-0.2, -0.15) is 0 Å². The third kappa shape index (κ3) is 1.96. The van der Waals surface area contributed by atoms with Gasteiger partial charge in [0.25, 0.3) is 0 Å². The number of rotatable bonds is 1. The van der Waals surface area contributed by atoms with E-state index in [1.165, 1.54) is 6.07 Å². The van der Waals surface area contributed by atoms with Gasteiger partial charge in [0.05, 0.1) is 11.3 Å². The number of halogens is 2. The van der Waals surface area contributed by atoms with Crippen LogP contribution >= 0.6 is 28.3 Å². The van der Waals surface area contributed by atoms with Crippen molar-refractivity contribution >= 4 is 50.8 Å². The SMILES string of the molecule is Cl.Nc1c(C(=O)O)cc(Br)c2cnccc12. The summed E-state index contributed by atoms with van der Waals surface area (Å²) in [7, 11) is 0. The van der Waals surface area contributed by atoms with Gasteiger partial charge in [0, 0.05) is 27.6 Å². The second kappa shape index (κ2) is 4.67. The molecule has 0 aliphatic rings. The van der Waals surface area contributed by atoms with Gasteiger partial charge in [0.1, 0.15) is 0 Å². The molecule has 0 saturated carbocycles. The molecule has 6 heteroatoms. The molecule has 0 spiro atoms. The Morgan fingerprint density at radius 1 is 1.44 bits per heavy atom. The zero-order chi connectivity index (χ0) is 11.0. The first-order chi connectivity index (χ1) is 7.11. The number of fused-ring (bicyclic) bond motifs is 1. The van der Waals surface area contributed by atoms with Crippen LogP contribution in [-0.4, -0.2) is 16.1 Å². The van der Waals surface area contributed by atoms with E-state index in [4.69, 9.17) is 10.8 Å². The molecule has 2 aromatic rings. The molecule has 84 valence electrons. The predicted molar refractivity (Wildman–Crippen MR) is 68.1 cm³/mol. The van der Waals surface area contributed by atoms with Crippen molar-refractivity contribution in [1.82, 2.24) is 4.98 Å². The summed E-state index contributed by atoms with van der Waals surface area (Å²) < 4.78 is 0.678. The number of pyridine rings is 1. The van der Waals surface area contributed by atoms with Gasteiger partial charge in [-0.05, 0) is 12.1 Å². The minimum Gasteiger partial charge on any atom is -0.478 e. The van der Waals surface area contributed by atoms with Gasteiger partial charge < -0.3 is 10.8 Å². The average molecular weight is 304 g/mol. The van der Waals surface area contributed by atoms with E-state index >= 15 is 0 Å². The number of benzene rings is 1. The molecular weight excluding hydrogens is 295 g/mol. The van der Waals surface area contributed by atoms with Gasteiger partial charge in [-0.1, -0.05) is 15.9 Å². The van der Waals surface area contributed by atoms with Crippen LogP contribution < -0.4 is 5.73 Å². The molecule has 0 saturated heterocycles. The van der Waals surface area contributed by atoms with E-state index in [0.717, 1.165) is 5.39 Å². The third-order valence-corrected chi connectivity index (χ3v) is 2.82. The molecule has 0 atom stereocenters. The van der Waals surface area contributed by atoms with Crippen molar-refractivity contribution in [3.8, 4) is 0 Å². The lowest BCUT2D eigenvalue weighted by atomic mass is 10.1. The molecule has 1 aromatic carbocycles. The van der Waals surface area contributed by atoms with Crippen LogP contribution in [0.1, 0.15) is 10.4 Å². The van der Waals surface area contributed by atoms with E-state index in [0.29, 0.717) is 9.86 Å². The molecule has 0 aliphatic carbocycles. The maximum atomic E-state index is 10.9. The van der Waals surface area contributed by atoms with E-state index in [1.54, 1.807) is 18.5 Å². The molecule has 0 amide bonds. The van der Waals surface area contributed by atoms with Gasteiger partial charge in [-0.3, -0.25) is 4.98 Å². The lowest BCUT2D eigenvalue weighted by molar-refractivity contribution is 0.0698. The van der Waals surface area contributed by atoms with Crippen molar-refractivity contribution < 1.29 is 9.90 Å². The van der Waals surface area contributed by atoms with Crippen molar-refractivity contribution in [2.75, 3.05) is 5.73 Å². The Hall–Kier alpha value is -1.33. The van der Waals surface area contributed by atoms with Crippen LogP contribution in [0.4, 0.5) is 5.69 Å². The number of carboxylic acids is 1. The van der Waals surface area contributed by atoms with Crippen LogP contribution in [0.3, 0.4) is 0 Å². The first-order valence-electron chi connectivity index (χ1n) is 4.16. The lowest BCUT2D eigenvalue weighted by Gasteiger charge is -2.07. The van der Waals surface area contributed by atoms with Crippen molar-refractivity contribution in [1.29, 1.82) is 0 Å². The number of hydrogen-bond acceptors (Lipinski definition) is 3. The molecule has 16 heavy (non-hydrogen) atoms. The van der Waals surface area contributed by atoms with Crippen LogP contribution in [0.5, 0.6) is 0 Å². The maximum Gasteiger partial charge on any atom is 0.337 e. The maximum absolute atomic E-state index is 10.9. The van der Waals surface area contributed by atoms with Crippen molar-refractivity contribution in [3.05, 3.63) is 34.6 Å². The molecular formula is C10H8BrClN2O2. The topological polar surface area (TPSA) is 76.2 Å². The second-order valence-electron chi connectivity index (χ2n) is 3.05. The molecule has 3 N–H and O–H groups in total. The number of anilines is 1. The summed E-state index contributed by atoms with van der Waals surface area (Å²) in [5.41, 5.74) is 6.12. The molecule has 0 bridgehead atoms. The summed E-state index contributed by atoms with van der Waals surface area (Å²) in [4.78, 5) is 14.9. The van der Waals surface area contributed by atoms with E-state index in [9.17, 15) is 4.79 Å².